The Balaban J connectivity index is 1.48. The smallest absolute Gasteiger partial charge is 0.243 e. The van der Waals surface area contributed by atoms with E-state index in [2.05, 4.69) is 15.6 Å². The van der Waals surface area contributed by atoms with Gasteiger partial charge in [-0.05, 0) is 43.2 Å². The Labute approximate surface area is 170 Å². The van der Waals surface area contributed by atoms with Gasteiger partial charge in [-0.15, -0.1) is 11.3 Å². The second kappa shape index (κ2) is 8.73. The molecule has 1 heterocycles. The first-order valence-electron chi connectivity index (χ1n) is 8.24. The van der Waals surface area contributed by atoms with Crippen molar-refractivity contribution in [2.24, 2.45) is 0 Å². The minimum absolute atomic E-state index is 0.0668. The van der Waals surface area contributed by atoms with Crippen molar-refractivity contribution in [3.8, 4) is 0 Å². The number of carbonyl (C=O) groups excluding carboxylic acids is 2. The second-order valence-corrected chi connectivity index (χ2v) is 8.66. The molecule has 8 heteroatoms. The highest BCUT2D eigenvalue weighted by Gasteiger charge is 2.11. The lowest BCUT2D eigenvalue weighted by Crippen LogP contribution is -2.34. The van der Waals surface area contributed by atoms with Gasteiger partial charge < -0.3 is 10.6 Å². The molecule has 0 unspecified atom stereocenters. The van der Waals surface area contributed by atoms with Crippen LogP contribution in [0.4, 0.5) is 5.69 Å². The fraction of sp³-hybridized carbons (Fsp3) is 0.211. The number of halogens is 1. The zero-order chi connectivity index (χ0) is 19.4. The molecule has 0 bridgehead atoms. The normalized spacial score (nSPS) is 10.8. The number of nitrogens with zero attached hydrogens (tertiary/aromatic N) is 1. The molecule has 140 valence electrons. The Morgan fingerprint density at radius 3 is 2.63 bits per heavy atom. The number of hydrogen-bond acceptors (Lipinski definition) is 5. The first-order valence-corrected chi connectivity index (χ1v) is 10.4. The summed E-state index contributed by atoms with van der Waals surface area (Å²) in [5.74, 6) is -0.265. The molecule has 3 aromatic rings. The van der Waals surface area contributed by atoms with Crippen LogP contribution in [-0.2, 0) is 9.59 Å². The largest absolute Gasteiger partial charge is 0.346 e. The molecule has 3 rings (SSSR count). The summed E-state index contributed by atoms with van der Waals surface area (Å²) in [4.78, 5) is 28.6. The number of hydrogen-bond donors (Lipinski definition) is 2. The highest BCUT2D eigenvalue weighted by molar-refractivity contribution is 8.01. The van der Waals surface area contributed by atoms with Crippen LogP contribution in [0.25, 0.3) is 10.2 Å². The number of carbonyl (C=O) groups is 2. The van der Waals surface area contributed by atoms with Gasteiger partial charge in [0.05, 0.1) is 22.5 Å². The van der Waals surface area contributed by atoms with Gasteiger partial charge in [0.25, 0.3) is 0 Å². The van der Waals surface area contributed by atoms with Crippen LogP contribution in [0, 0.1) is 13.8 Å². The lowest BCUT2D eigenvalue weighted by Gasteiger charge is -2.11. The van der Waals surface area contributed by atoms with Crippen molar-refractivity contribution < 1.29 is 9.59 Å². The molecule has 0 radical (unpaired) electrons. The summed E-state index contributed by atoms with van der Waals surface area (Å²) in [6.07, 6.45) is 0. The van der Waals surface area contributed by atoms with Crippen LogP contribution in [0.1, 0.15) is 11.1 Å². The third-order valence-corrected chi connectivity index (χ3v) is 6.26. The summed E-state index contributed by atoms with van der Waals surface area (Å²) in [7, 11) is 0. The van der Waals surface area contributed by atoms with Crippen molar-refractivity contribution in [1.82, 2.24) is 10.3 Å². The van der Waals surface area contributed by atoms with Gasteiger partial charge in [0.2, 0.25) is 11.8 Å². The highest BCUT2D eigenvalue weighted by Crippen LogP contribution is 2.30. The van der Waals surface area contributed by atoms with Gasteiger partial charge in [0, 0.05) is 10.7 Å². The number of fused-ring (bicyclic) bond motifs is 1. The number of benzene rings is 2. The van der Waals surface area contributed by atoms with Crippen molar-refractivity contribution >= 4 is 62.4 Å². The third-order valence-electron chi connectivity index (χ3n) is 3.85. The molecule has 27 heavy (non-hydrogen) atoms. The lowest BCUT2D eigenvalue weighted by atomic mass is 10.1. The summed E-state index contributed by atoms with van der Waals surface area (Å²) in [5, 5.41) is 6.12. The maximum atomic E-state index is 12.1. The van der Waals surface area contributed by atoms with Gasteiger partial charge in [0.1, 0.15) is 0 Å². The number of amides is 2. The summed E-state index contributed by atoms with van der Waals surface area (Å²) in [5.41, 5.74) is 3.59. The average molecular weight is 420 g/mol. The van der Waals surface area contributed by atoms with E-state index < -0.39 is 0 Å². The zero-order valence-corrected chi connectivity index (χ0v) is 17.2. The van der Waals surface area contributed by atoms with Crippen LogP contribution in [0.5, 0.6) is 0 Å². The van der Waals surface area contributed by atoms with Crippen LogP contribution in [-0.4, -0.2) is 29.1 Å². The molecule has 0 fully saturated rings. The van der Waals surface area contributed by atoms with Crippen molar-refractivity contribution in [1.29, 1.82) is 0 Å². The first kappa shape index (κ1) is 19.7. The maximum absolute atomic E-state index is 12.1. The van der Waals surface area contributed by atoms with Crippen LogP contribution >= 0.6 is 34.7 Å². The van der Waals surface area contributed by atoms with Gasteiger partial charge in [-0.3, -0.25) is 9.59 Å². The lowest BCUT2D eigenvalue weighted by molar-refractivity contribution is -0.122. The summed E-state index contributed by atoms with van der Waals surface area (Å²) in [6, 6.07) is 11.3. The summed E-state index contributed by atoms with van der Waals surface area (Å²) < 4.78 is 1.82. The third kappa shape index (κ3) is 5.22. The van der Waals surface area contributed by atoms with Gasteiger partial charge in [-0.25, -0.2) is 4.98 Å². The molecular weight excluding hydrogens is 402 g/mol. The molecule has 2 N–H and O–H groups in total. The minimum Gasteiger partial charge on any atom is -0.346 e. The monoisotopic (exact) mass is 419 g/mol. The molecule has 0 saturated heterocycles. The number of nitrogens with one attached hydrogen (secondary N) is 2. The SMILES string of the molecule is Cc1cccc(C)c1NC(=O)CNC(=O)CSc1nc2cc(Cl)ccc2s1. The van der Waals surface area contributed by atoms with Gasteiger partial charge in [-0.2, -0.15) is 0 Å². The van der Waals surface area contributed by atoms with E-state index in [4.69, 9.17) is 11.6 Å². The van der Waals surface area contributed by atoms with Crippen LogP contribution < -0.4 is 10.6 Å². The highest BCUT2D eigenvalue weighted by atomic mass is 35.5. The van der Waals surface area contributed by atoms with E-state index in [1.165, 1.54) is 23.1 Å². The molecule has 0 aliphatic rings. The molecule has 0 atom stereocenters. The van der Waals surface area contributed by atoms with E-state index >= 15 is 0 Å². The number of thioether (sulfide) groups is 1. The van der Waals surface area contributed by atoms with E-state index in [-0.39, 0.29) is 24.1 Å². The molecule has 0 spiro atoms. The molecule has 1 aromatic heterocycles. The summed E-state index contributed by atoms with van der Waals surface area (Å²) in [6.45, 7) is 3.80. The van der Waals surface area contributed by atoms with Gasteiger partial charge >= 0.3 is 0 Å². The Hall–Kier alpha value is -2.09. The molecule has 2 aromatic carbocycles. The van der Waals surface area contributed by atoms with E-state index in [1.54, 1.807) is 6.07 Å². The number of rotatable bonds is 6. The van der Waals surface area contributed by atoms with Crippen molar-refractivity contribution in [2.75, 3.05) is 17.6 Å². The van der Waals surface area contributed by atoms with E-state index in [1.807, 2.05) is 44.2 Å². The summed E-state index contributed by atoms with van der Waals surface area (Å²) >= 11 is 8.81. The quantitative estimate of drug-likeness (QED) is 0.580. The fourth-order valence-corrected chi connectivity index (χ4v) is 4.54. The fourth-order valence-electron chi connectivity index (χ4n) is 2.49. The average Bonchev–Trinajstić information content (AvgIpc) is 3.03. The Morgan fingerprint density at radius 2 is 1.89 bits per heavy atom. The van der Waals surface area contributed by atoms with E-state index in [0.29, 0.717) is 5.02 Å². The molecule has 0 saturated carbocycles. The maximum Gasteiger partial charge on any atom is 0.243 e. The molecule has 2 amide bonds. The topological polar surface area (TPSA) is 71.1 Å². The predicted octanol–water partition coefficient (Wildman–Crippen LogP) is 4.41. The zero-order valence-electron chi connectivity index (χ0n) is 14.8. The van der Waals surface area contributed by atoms with Crippen LogP contribution in [0.3, 0.4) is 0 Å². The van der Waals surface area contributed by atoms with E-state index in [9.17, 15) is 9.59 Å². The predicted molar refractivity (Wildman–Crippen MR) is 113 cm³/mol. The number of para-hydroxylation sites is 1. The Morgan fingerprint density at radius 1 is 1.15 bits per heavy atom. The van der Waals surface area contributed by atoms with Crippen molar-refractivity contribution in [3.05, 3.63) is 52.5 Å². The van der Waals surface area contributed by atoms with Gasteiger partial charge in [-0.1, -0.05) is 41.6 Å². The standard InChI is InChI=1S/C19H18ClN3O2S2/c1-11-4-3-5-12(2)18(11)23-16(24)9-21-17(25)10-26-19-22-14-8-13(20)6-7-15(14)27-19/h3-8H,9-10H2,1-2H3,(H,21,25)(H,23,24). The van der Waals surface area contributed by atoms with Crippen LogP contribution in [0.15, 0.2) is 40.7 Å². The molecule has 0 aliphatic carbocycles. The van der Waals surface area contributed by atoms with Gasteiger partial charge in [0.15, 0.2) is 4.34 Å². The van der Waals surface area contributed by atoms with Crippen LogP contribution in [0.2, 0.25) is 5.02 Å². The minimum atomic E-state index is -0.250. The van der Waals surface area contributed by atoms with Crippen molar-refractivity contribution in [3.63, 3.8) is 0 Å². The Bertz CT molecular complexity index is 984. The second-order valence-electron chi connectivity index (χ2n) is 5.97. The number of thiazole rings is 1. The number of aryl methyl sites for hydroxylation is 2. The molecule has 0 aliphatic heterocycles. The Kier molecular flexibility index (Phi) is 6.36. The molecule has 5 nitrogen and oxygen atoms in total. The number of anilines is 1. The van der Waals surface area contributed by atoms with E-state index in [0.717, 1.165) is 31.4 Å². The first-order chi connectivity index (χ1) is 12.9. The number of aromatic nitrogens is 1. The van der Waals surface area contributed by atoms with Crippen molar-refractivity contribution in [2.45, 2.75) is 18.2 Å². The molecular formula is C19H18ClN3O2S2.